The standard InChI is InChI=1S/C13H19FN4O/c1-17(2)6-8-19-9-7-18-11-5-3-4-10(14)12(11)16-13(18)15/h3-5H,6-9H2,1-2H3,(H2,15,16). The van der Waals surface area contributed by atoms with Crippen LogP contribution in [0.4, 0.5) is 10.3 Å². The summed E-state index contributed by atoms with van der Waals surface area (Å²) >= 11 is 0. The molecular formula is C13H19FN4O. The summed E-state index contributed by atoms with van der Waals surface area (Å²) in [5.74, 6) is -0.0345. The van der Waals surface area contributed by atoms with Crippen LogP contribution in [-0.2, 0) is 11.3 Å². The van der Waals surface area contributed by atoms with Gasteiger partial charge in [0.05, 0.1) is 18.7 Å². The maximum absolute atomic E-state index is 13.5. The monoisotopic (exact) mass is 266 g/mol. The number of halogens is 1. The van der Waals surface area contributed by atoms with E-state index in [2.05, 4.69) is 9.88 Å². The third-order valence-corrected chi connectivity index (χ3v) is 2.90. The quantitative estimate of drug-likeness (QED) is 0.802. The first-order valence-electron chi connectivity index (χ1n) is 6.22. The van der Waals surface area contributed by atoms with Crippen molar-refractivity contribution < 1.29 is 9.13 Å². The molecule has 0 spiro atoms. The van der Waals surface area contributed by atoms with Crippen molar-refractivity contribution in [2.24, 2.45) is 0 Å². The Labute approximate surface area is 111 Å². The number of hydrogen-bond donors (Lipinski definition) is 1. The predicted molar refractivity (Wildman–Crippen MR) is 73.5 cm³/mol. The Morgan fingerprint density at radius 2 is 2.16 bits per heavy atom. The van der Waals surface area contributed by atoms with E-state index in [4.69, 9.17) is 10.5 Å². The lowest BCUT2D eigenvalue weighted by Crippen LogP contribution is -2.19. The summed E-state index contributed by atoms with van der Waals surface area (Å²) in [6.07, 6.45) is 0. The average molecular weight is 266 g/mol. The molecule has 0 fully saturated rings. The number of aromatic nitrogens is 2. The zero-order valence-electron chi connectivity index (χ0n) is 11.3. The van der Waals surface area contributed by atoms with E-state index in [0.29, 0.717) is 36.7 Å². The summed E-state index contributed by atoms with van der Waals surface area (Å²) in [5.41, 5.74) is 6.82. The molecule has 0 aliphatic heterocycles. The molecule has 1 aromatic carbocycles. The highest BCUT2D eigenvalue weighted by Crippen LogP contribution is 2.20. The fourth-order valence-corrected chi connectivity index (χ4v) is 1.87. The fraction of sp³-hybridized carbons (Fsp3) is 0.462. The van der Waals surface area contributed by atoms with E-state index >= 15 is 0 Å². The first-order valence-corrected chi connectivity index (χ1v) is 6.22. The molecule has 1 aromatic heterocycles. The first-order chi connectivity index (χ1) is 9.09. The molecule has 0 saturated carbocycles. The fourth-order valence-electron chi connectivity index (χ4n) is 1.87. The Kier molecular flexibility index (Phi) is 4.34. The Hall–Kier alpha value is -1.66. The van der Waals surface area contributed by atoms with E-state index in [1.54, 1.807) is 10.6 Å². The highest BCUT2D eigenvalue weighted by Gasteiger charge is 2.10. The van der Waals surface area contributed by atoms with Gasteiger partial charge in [-0.15, -0.1) is 0 Å². The van der Waals surface area contributed by atoms with Crippen molar-refractivity contribution in [3.05, 3.63) is 24.0 Å². The zero-order valence-corrected chi connectivity index (χ0v) is 11.3. The van der Waals surface area contributed by atoms with Gasteiger partial charge in [-0.2, -0.15) is 0 Å². The van der Waals surface area contributed by atoms with Gasteiger partial charge in [-0.1, -0.05) is 6.07 Å². The SMILES string of the molecule is CN(C)CCOCCn1c(N)nc2c(F)cccc21. The highest BCUT2D eigenvalue weighted by atomic mass is 19.1. The van der Waals surface area contributed by atoms with Crippen LogP contribution in [-0.4, -0.2) is 48.3 Å². The van der Waals surface area contributed by atoms with Gasteiger partial charge in [0.15, 0.2) is 5.82 Å². The van der Waals surface area contributed by atoms with Crippen LogP contribution in [0.25, 0.3) is 11.0 Å². The van der Waals surface area contributed by atoms with Crippen LogP contribution in [0.1, 0.15) is 0 Å². The molecule has 0 bridgehead atoms. The van der Waals surface area contributed by atoms with E-state index in [1.807, 2.05) is 20.2 Å². The molecule has 2 N–H and O–H groups in total. The number of anilines is 1. The Balaban J connectivity index is 2.01. The minimum Gasteiger partial charge on any atom is -0.378 e. The molecule has 2 aromatic rings. The van der Waals surface area contributed by atoms with Gasteiger partial charge in [-0.25, -0.2) is 9.37 Å². The van der Waals surface area contributed by atoms with E-state index in [9.17, 15) is 4.39 Å². The molecule has 6 heteroatoms. The van der Waals surface area contributed by atoms with Crippen LogP contribution in [0, 0.1) is 5.82 Å². The maximum atomic E-state index is 13.5. The Morgan fingerprint density at radius 1 is 1.37 bits per heavy atom. The van der Waals surface area contributed by atoms with Crippen LogP contribution in [0.2, 0.25) is 0 Å². The summed E-state index contributed by atoms with van der Waals surface area (Å²) in [4.78, 5) is 6.09. The molecule has 5 nitrogen and oxygen atoms in total. The molecule has 0 aliphatic carbocycles. The minimum absolute atomic E-state index is 0.313. The van der Waals surface area contributed by atoms with Crippen LogP contribution in [0.3, 0.4) is 0 Å². The lowest BCUT2D eigenvalue weighted by atomic mass is 10.3. The third-order valence-electron chi connectivity index (χ3n) is 2.90. The predicted octanol–water partition coefficient (Wildman–Crippen LogP) is 1.34. The molecule has 0 aliphatic rings. The number of likely N-dealkylation sites (N-methyl/N-ethyl adjacent to an activating group) is 1. The normalized spacial score (nSPS) is 11.6. The van der Waals surface area contributed by atoms with E-state index in [-0.39, 0.29) is 5.82 Å². The van der Waals surface area contributed by atoms with Crippen LogP contribution in [0.5, 0.6) is 0 Å². The minimum atomic E-state index is -0.350. The summed E-state index contributed by atoms with van der Waals surface area (Å²) < 4.78 is 20.8. The lowest BCUT2D eigenvalue weighted by molar-refractivity contribution is 0.112. The molecule has 0 amide bonds. The maximum Gasteiger partial charge on any atom is 0.201 e. The second kappa shape index (κ2) is 5.99. The van der Waals surface area contributed by atoms with Gasteiger partial charge in [0.1, 0.15) is 5.52 Å². The number of benzene rings is 1. The molecule has 0 atom stereocenters. The summed E-state index contributed by atoms with van der Waals surface area (Å²) in [7, 11) is 3.99. The van der Waals surface area contributed by atoms with Crippen molar-refractivity contribution in [2.75, 3.05) is 39.6 Å². The van der Waals surface area contributed by atoms with Gasteiger partial charge < -0.3 is 19.9 Å². The van der Waals surface area contributed by atoms with E-state index < -0.39 is 0 Å². The van der Waals surface area contributed by atoms with Gasteiger partial charge in [-0.3, -0.25) is 0 Å². The van der Waals surface area contributed by atoms with Crippen molar-refractivity contribution in [1.29, 1.82) is 0 Å². The van der Waals surface area contributed by atoms with Crippen molar-refractivity contribution in [2.45, 2.75) is 6.54 Å². The number of fused-ring (bicyclic) bond motifs is 1. The third kappa shape index (κ3) is 3.21. The number of rotatable bonds is 6. The van der Waals surface area contributed by atoms with Gasteiger partial charge in [0.2, 0.25) is 5.95 Å². The number of nitrogen functional groups attached to an aromatic ring is 1. The van der Waals surface area contributed by atoms with Crippen molar-refractivity contribution in [3.8, 4) is 0 Å². The number of hydrogen-bond acceptors (Lipinski definition) is 4. The van der Waals surface area contributed by atoms with Crippen LogP contribution >= 0.6 is 0 Å². The van der Waals surface area contributed by atoms with E-state index in [0.717, 1.165) is 6.54 Å². The molecule has 104 valence electrons. The Bertz CT molecular complexity index is 553. The highest BCUT2D eigenvalue weighted by molar-refractivity contribution is 5.78. The van der Waals surface area contributed by atoms with Crippen LogP contribution < -0.4 is 5.73 Å². The zero-order chi connectivity index (χ0) is 13.8. The molecule has 0 radical (unpaired) electrons. The second-order valence-corrected chi connectivity index (χ2v) is 4.64. The van der Waals surface area contributed by atoms with Gasteiger partial charge >= 0.3 is 0 Å². The largest absolute Gasteiger partial charge is 0.378 e. The van der Waals surface area contributed by atoms with Crippen LogP contribution in [0.15, 0.2) is 18.2 Å². The van der Waals surface area contributed by atoms with Gasteiger partial charge in [0, 0.05) is 13.1 Å². The second-order valence-electron chi connectivity index (χ2n) is 4.64. The van der Waals surface area contributed by atoms with Crippen molar-refractivity contribution >= 4 is 17.0 Å². The molecular weight excluding hydrogens is 247 g/mol. The van der Waals surface area contributed by atoms with Gasteiger partial charge in [-0.05, 0) is 26.2 Å². The smallest absolute Gasteiger partial charge is 0.201 e. The number of imidazole rings is 1. The number of nitrogens with two attached hydrogens (primary N) is 1. The number of nitrogens with zero attached hydrogens (tertiary/aromatic N) is 3. The number of para-hydroxylation sites is 1. The molecule has 2 rings (SSSR count). The number of ether oxygens (including phenoxy) is 1. The average Bonchev–Trinajstić information content (AvgIpc) is 2.67. The van der Waals surface area contributed by atoms with E-state index in [1.165, 1.54) is 6.07 Å². The summed E-state index contributed by atoms with van der Waals surface area (Å²) in [5, 5.41) is 0. The molecule has 19 heavy (non-hydrogen) atoms. The molecule has 0 saturated heterocycles. The molecule has 0 unspecified atom stereocenters. The van der Waals surface area contributed by atoms with Gasteiger partial charge in [0.25, 0.3) is 0 Å². The van der Waals surface area contributed by atoms with Crippen molar-refractivity contribution in [3.63, 3.8) is 0 Å². The molecule has 1 heterocycles. The summed E-state index contributed by atoms with van der Waals surface area (Å²) in [6.45, 7) is 2.63. The topological polar surface area (TPSA) is 56.3 Å². The first kappa shape index (κ1) is 13.8. The Morgan fingerprint density at radius 3 is 2.89 bits per heavy atom. The summed E-state index contributed by atoms with van der Waals surface area (Å²) in [6, 6.07) is 4.84. The van der Waals surface area contributed by atoms with Crippen molar-refractivity contribution in [1.82, 2.24) is 14.5 Å². The lowest BCUT2D eigenvalue weighted by Gasteiger charge is -2.11.